The lowest BCUT2D eigenvalue weighted by atomic mass is 10.1. The Morgan fingerprint density at radius 3 is 2.69 bits per heavy atom. The first-order valence-corrected chi connectivity index (χ1v) is 11.2. The lowest BCUT2D eigenvalue weighted by Crippen LogP contribution is -2.20. The average molecular weight is 546 g/mol. The predicted molar refractivity (Wildman–Crippen MR) is 137 cm³/mol. The van der Waals surface area contributed by atoms with Gasteiger partial charge in [-0.05, 0) is 42.5 Å². The van der Waals surface area contributed by atoms with E-state index in [4.69, 9.17) is 4.74 Å². The van der Waals surface area contributed by atoms with Gasteiger partial charge in [-0.2, -0.15) is 5.26 Å². The smallest absolute Gasteiger partial charge is 0.270 e. The molecular weight excluding hydrogens is 530 g/mol. The van der Waals surface area contributed by atoms with Gasteiger partial charge in [-0.3, -0.25) is 19.7 Å². The van der Waals surface area contributed by atoms with Crippen LogP contribution in [0.2, 0.25) is 0 Å². The molecule has 0 aliphatic rings. The van der Waals surface area contributed by atoms with Gasteiger partial charge in [0, 0.05) is 27.9 Å². The minimum Gasteiger partial charge on any atom is -0.483 e. The molecule has 4 aromatic rings. The van der Waals surface area contributed by atoms with Crippen LogP contribution in [0.4, 0.5) is 11.4 Å². The number of nitrogens with one attached hydrogen (secondary N) is 2. The molecule has 0 saturated heterocycles. The Morgan fingerprint density at radius 2 is 1.97 bits per heavy atom. The molecule has 0 fully saturated rings. The molecule has 0 atom stereocenters. The minimum atomic E-state index is -0.594. The lowest BCUT2D eigenvalue weighted by molar-refractivity contribution is -0.384. The Labute approximate surface area is 212 Å². The van der Waals surface area contributed by atoms with Gasteiger partial charge in [0.1, 0.15) is 11.8 Å². The van der Waals surface area contributed by atoms with Crippen molar-refractivity contribution in [2.24, 2.45) is 0 Å². The second-order valence-corrected chi connectivity index (χ2v) is 8.34. The molecule has 36 heavy (non-hydrogen) atoms. The average Bonchev–Trinajstić information content (AvgIpc) is 2.87. The molecule has 178 valence electrons. The van der Waals surface area contributed by atoms with E-state index in [1.165, 1.54) is 24.3 Å². The maximum Gasteiger partial charge on any atom is 0.270 e. The zero-order chi connectivity index (χ0) is 25.7. The SMILES string of the molecule is N#C/C(=C\c1cc([N+](=O)[O-])ccc1OCC(=O)Nc1ccccc1)c1nc2ccc(Br)cc2c(=O)[nH]1. The summed E-state index contributed by atoms with van der Waals surface area (Å²) in [5, 5.41) is 24.1. The Balaban J connectivity index is 1.68. The van der Waals surface area contributed by atoms with Crippen molar-refractivity contribution in [3.8, 4) is 11.8 Å². The van der Waals surface area contributed by atoms with Crippen molar-refractivity contribution in [1.29, 1.82) is 5.26 Å². The number of amides is 1. The zero-order valence-electron chi connectivity index (χ0n) is 18.4. The lowest BCUT2D eigenvalue weighted by Gasteiger charge is -2.10. The molecule has 0 spiro atoms. The van der Waals surface area contributed by atoms with Gasteiger partial charge >= 0.3 is 0 Å². The van der Waals surface area contributed by atoms with Crippen LogP contribution in [0.5, 0.6) is 5.75 Å². The second-order valence-electron chi connectivity index (χ2n) is 7.43. The first-order chi connectivity index (χ1) is 17.3. The standard InChI is InChI=1S/C25H16BrN5O5/c26-17-6-8-21-20(12-17)25(33)30-24(29-21)16(13-27)10-15-11-19(31(34)35)7-9-22(15)36-14-23(32)28-18-4-2-1-3-5-18/h1-12H,14H2,(H,28,32)(H,29,30,33)/b16-10+. The number of rotatable bonds is 7. The first kappa shape index (κ1) is 24.3. The summed E-state index contributed by atoms with van der Waals surface area (Å²) in [6.45, 7) is -0.380. The van der Waals surface area contributed by atoms with E-state index in [2.05, 4.69) is 31.2 Å². The van der Waals surface area contributed by atoms with E-state index in [1.54, 1.807) is 42.5 Å². The van der Waals surface area contributed by atoms with E-state index in [0.717, 1.165) is 0 Å². The third-order valence-electron chi connectivity index (χ3n) is 4.96. The molecule has 1 aromatic heterocycles. The highest BCUT2D eigenvalue weighted by Crippen LogP contribution is 2.28. The number of aromatic amines is 1. The summed E-state index contributed by atoms with van der Waals surface area (Å²) in [7, 11) is 0. The fraction of sp³-hybridized carbons (Fsp3) is 0.0400. The number of non-ortho nitro benzene ring substituents is 1. The Bertz CT molecular complexity index is 1610. The quantitative estimate of drug-likeness (QED) is 0.194. The van der Waals surface area contributed by atoms with Crippen LogP contribution in [0.1, 0.15) is 11.4 Å². The number of nitro groups is 1. The van der Waals surface area contributed by atoms with Crippen LogP contribution in [0.25, 0.3) is 22.6 Å². The highest BCUT2D eigenvalue weighted by Gasteiger charge is 2.15. The van der Waals surface area contributed by atoms with Gasteiger partial charge in [0.25, 0.3) is 17.2 Å². The van der Waals surface area contributed by atoms with Crippen molar-refractivity contribution >= 4 is 55.8 Å². The van der Waals surface area contributed by atoms with E-state index in [0.29, 0.717) is 21.1 Å². The van der Waals surface area contributed by atoms with E-state index in [1.807, 2.05) is 12.1 Å². The van der Waals surface area contributed by atoms with Crippen LogP contribution >= 0.6 is 15.9 Å². The van der Waals surface area contributed by atoms with E-state index < -0.39 is 16.4 Å². The number of carbonyl (C=O) groups is 1. The van der Waals surface area contributed by atoms with E-state index >= 15 is 0 Å². The van der Waals surface area contributed by atoms with Gasteiger partial charge in [-0.15, -0.1) is 0 Å². The summed E-state index contributed by atoms with van der Waals surface area (Å²) in [6.07, 6.45) is 1.31. The fourth-order valence-corrected chi connectivity index (χ4v) is 3.66. The highest BCUT2D eigenvalue weighted by molar-refractivity contribution is 9.10. The number of nitrogens with zero attached hydrogens (tertiary/aromatic N) is 3. The number of ether oxygens (including phenoxy) is 1. The Morgan fingerprint density at radius 1 is 1.19 bits per heavy atom. The van der Waals surface area contributed by atoms with Gasteiger partial charge in [-0.1, -0.05) is 34.1 Å². The monoisotopic (exact) mass is 545 g/mol. The third kappa shape index (κ3) is 5.63. The van der Waals surface area contributed by atoms with Gasteiger partial charge in [0.15, 0.2) is 12.4 Å². The van der Waals surface area contributed by atoms with Crippen LogP contribution in [0.3, 0.4) is 0 Å². The summed E-state index contributed by atoms with van der Waals surface area (Å²) in [4.78, 5) is 42.5. The predicted octanol–water partition coefficient (Wildman–Crippen LogP) is 4.68. The van der Waals surface area contributed by atoms with Gasteiger partial charge in [-0.25, -0.2) is 4.98 Å². The molecule has 0 unspecified atom stereocenters. The maximum absolute atomic E-state index is 12.6. The van der Waals surface area contributed by atoms with Crippen LogP contribution < -0.4 is 15.6 Å². The number of carbonyl (C=O) groups excluding carboxylic acids is 1. The number of anilines is 1. The number of hydrogen-bond acceptors (Lipinski definition) is 7. The first-order valence-electron chi connectivity index (χ1n) is 10.4. The molecule has 0 aliphatic carbocycles. The number of H-pyrrole nitrogens is 1. The molecule has 3 aromatic carbocycles. The summed E-state index contributed by atoms with van der Waals surface area (Å²) in [5.74, 6) is -0.332. The summed E-state index contributed by atoms with van der Waals surface area (Å²) >= 11 is 3.30. The van der Waals surface area contributed by atoms with Crippen LogP contribution in [0.15, 0.2) is 76.0 Å². The van der Waals surface area contributed by atoms with Crippen LogP contribution in [-0.2, 0) is 4.79 Å². The molecule has 0 radical (unpaired) electrons. The fourth-order valence-electron chi connectivity index (χ4n) is 3.30. The van der Waals surface area contributed by atoms with Gasteiger partial charge in [0.2, 0.25) is 0 Å². The second kappa shape index (κ2) is 10.6. The zero-order valence-corrected chi connectivity index (χ0v) is 20.0. The molecular formula is C25H16BrN5O5. The van der Waals surface area contributed by atoms with Crippen molar-refractivity contribution in [2.75, 3.05) is 11.9 Å². The number of halogens is 1. The van der Waals surface area contributed by atoms with Crippen molar-refractivity contribution in [3.63, 3.8) is 0 Å². The molecule has 0 bridgehead atoms. The number of benzene rings is 3. The summed E-state index contributed by atoms with van der Waals surface area (Å²) < 4.78 is 6.30. The summed E-state index contributed by atoms with van der Waals surface area (Å²) in [6, 6.07) is 19.4. The molecule has 0 aliphatic heterocycles. The van der Waals surface area contributed by atoms with Crippen LogP contribution in [0, 0.1) is 21.4 Å². The molecule has 2 N–H and O–H groups in total. The number of hydrogen-bond donors (Lipinski definition) is 2. The van der Waals surface area contributed by atoms with E-state index in [-0.39, 0.29) is 35.0 Å². The molecule has 11 heteroatoms. The van der Waals surface area contributed by atoms with Crippen molar-refractivity contribution in [3.05, 3.63) is 103 Å². The van der Waals surface area contributed by atoms with Crippen LogP contribution in [-0.4, -0.2) is 27.4 Å². The van der Waals surface area contributed by atoms with Crippen molar-refractivity contribution < 1.29 is 14.5 Å². The van der Waals surface area contributed by atoms with E-state index in [9.17, 15) is 25.0 Å². The van der Waals surface area contributed by atoms with Crippen molar-refractivity contribution in [1.82, 2.24) is 9.97 Å². The Hall–Kier alpha value is -4.82. The number of aromatic nitrogens is 2. The van der Waals surface area contributed by atoms with Gasteiger partial charge < -0.3 is 15.0 Å². The van der Waals surface area contributed by atoms with Crippen molar-refractivity contribution in [2.45, 2.75) is 0 Å². The summed E-state index contributed by atoms with van der Waals surface area (Å²) in [5.41, 5.74) is 0.351. The number of nitriles is 1. The highest BCUT2D eigenvalue weighted by atomic mass is 79.9. The number of para-hydroxylation sites is 1. The number of fused-ring (bicyclic) bond motifs is 1. The molecule has 10 nitrogen and oxygen atoms in total. The van der Waals surface area contributed by atoms with Gasteiger partial charge in [0.05, 0.1) is 21.4 Å². The number of nitro benzene ring substituents is 1. The largest absolute Gasteiger partial charge is 0.483 e. The molecule has 0 saturated carbocycles. The molecule has 1 amide bonds. The third-order valence-corrected chi connectivity index (χ3v) is 5.46. The minimum absolute atomic E-state index is 0.0170. The molecule has 4 rings (SSSR count). The molecule has 1 heterocycles. The number of allylic oxidation sites excluding steroid dienone is 1. The maximum atomic E-state index is 12.6. The topological polar surface area (TPSA) is 151 Å². The Kier molecular flexibility index (Phi) is 7.17. The normalized spacial score (nSPS) is 11.1.